The van der Waals surface area contributed by atoms with Gasteiger partial charge in [-0.2, -0.15) is 0 Å². The Morgan fingerprint density at radius 1 is 0.964 bits per heavy atom. The van der Waals surface area contributed by atoms with Crippen LogP contribution in [0, 0.1) is 5.92 Å². The van der Waals surface area contributed by atoms with Crippen molar-refractivity contribution in [2.24, 2.45) is 5.92 Å². The molecule has 2 aromatic carbocycles. The van der Waals surface area contributed by atoms with Crippen molar-refractivity contribution >= 4 is 23.3 Å². The number of ether oxygens (including phenoxy) is 2. The SMILES string of the molecule is COc1ccc(NC(=O)[C@H]2CCCN(C(=O)Nc3ccccc3)C2)cc1OC. The fourth-order valence-corrected chi connectivity index (χ4v) is 3.26. The van der Waals surface area contributed by atoms with Crippen LogP contribution in [0.2, 0.25) is 0 Å². The molecule has 1 fully saturated rings. The second kappa shape index (κ2) is 9.12. The molecule has 1 aliphatic rings. The van der Waals surface area contributed by atoms with Crippen LogP contribution in [0.1, 0.15) is 12.8 Å². The van der Waals surface area contributed by atoms with Crippen molar-refractivity contribution in [2.75, 3.05) is 37.9 Å². The predicted molar refractivity (Wildman–Crippen MR) is 108 cm³/mol. The molecule has 0 saturated carbocycles. The molecule has 7 nitrogen and oxygen atoms in total. The van der Waals surface area contributed by atoms with Crippen LogP contribution in [0.5, 0.6) is 11.5 Å². The number of para-hydroxylation sites is 1. The van der Waals surface area contributed by atoms with Crippen LogP contribution in [0.4, 0.5) is 16.2 Å². The molecule has 28 heavy (non-hydrogen) atoms. The van der Waals surface area contributed by atoms with E-state index in [1.54, 1.807) is 37.3 Å². The number of urea groups is 1. The number of nitrogens with zero attached hydrogens (tertiary/aromatic N) is 1. The summed E-state index contributed by atoms with van der Waals surface area (Å²) in [6.45, 7) is 1.02. The number of anilines is 2. The highest BCUT2D eigenvalue weighted by Crippen LogP contribution is 2.30. The number of carbonyl (C=O) groups excluding carboxylic acids is 2. The molecule has 0 bridgehead atoms. The summed E-state index contributed by atoms with van der Waals surface area (Å²) in [7, 11) is 3.11. The van der Waals surface area contributed by atoms with E-state index in [9.17, 15) is 9.59 Å². The summed E-state index contributed by atoms with van der Waals surface area (Å²) in [6.07, 6.45) is 1.53. The number of benzene rings is 2. The molecule has 1 atom stereocenters. The molecule has 2 N–H and O–H groups in total. The fourth-order valence-electron chi connectivity index (χ4n) is 3.26. The molecule has 3 rings (SSSR count). The Balaban J connectivity index is 1.60. The number of hydrogen-bond acceptors (Lipinski definition) is 4. The third kappa shape index (κ3) is 4.73. The van der Waals surface area contributed by atoms with E-state index in [1.165, 1.54) is 0 Å². The number of amides is 3. The normalized spacial score (nSPS) is 16.2. The molecule has 0 radical (unpaired) electrons. The highest BCUT2D eigenvalue weighted by Gasteiger charge is 2.28. The van der Waals surface area contributed by atoms with Crippen LogP contribution in [0.15, 0.2) is 48.5 Å². The highest BCUT2D eigenvalue weighted by molar-refractivity contribution is 5.94. The van der Waals surface area contributed by atoms with Gasteiger partial charge >= 0.3 is 6.03 Å². The van der Waals surface area contributed by atoms with E-state index in [-0.39, 0.29) is 17.9 Å². The van der Waals surface area contributed by atoms with E-state index in [2.05, 4.69) is 10.6 Å². The molecule has 1 saturated heterocycles. The van der Waals surface area contributed by atoms with E-state index >= 15 is 0 Å². The average Bonchev–Trinajstić information content (AvgIpc) is 2.74. The summed E-state index contributed by atoms with van der Waals surface area (Å²) in [5.41, 5.74) is 1.37. The van der Waals surface area contributed by atoms with Crippen molar-refractivity contribution in [1.29, 1.82) is 0 Å². The van der Waals surface area contributed by atoms with Gasteiger partial charge in [0.25, 0.3) is 0 Å². The van der Waals surface area contributed by atoms with Crippen molar-refractivity contribution in [3.63, 3.8) is 0 Å². The zero-order chi connectivity index (χ0) is 19.9. The lowest BCUT2D eigenvalue weighted by atomic mass is 9.97. The lowest BCUT2D eigenvalue weighted by Gasteiger charge is -2.32. The number of methoxy groups -OCH3 is 2. The largest absolute Gasteiger partial charge is 0.493 e. The first-order valence-electron chi connectivity index (χ1n) is 9.24. The van der Waals surface area contributed by atoms with E-state index in [0.717, 1.165) is 18.5 Å². The Kier molecular flexibility index (Phi) is 6.37. The Morgan fingerprint density at radius 2 is 1.71 bits per heavy atom. The first-order valence-corrected chi connectivity index (χ1v) is 9.24. The number of likely N-dealkylation sites (tertiary alicyclic amines) is 1. The van der Waals surface area contributed by atoms with Crippen molar-refractivity contribution in [3.8, 4) is 11.5 Å². The third-order valence-electron chi connectivity index (χ3n) is 4.76. The van der Waals surface area contributed by atoms with Crippen LogP contribution in [0.3, 0.4) is 0 Å². The van der Waals surface area contributed by atoms with Crippen LogP contribution in [0.25, 0.3) is 0 Å². The van der Waals surface area contributed by atoms with E-state index in [0.29, 0.717) is 30.3 Å². The van der Waals surface area contributed by atoms with Gasteiger partial charge in [-0.05, 0) is 37.1 Å². The Labute approximate surface area is 164 Å². The summed E-state index contributed by atoms with van der Waals surface area (Å²) < 4.78 is 10.5. The molecule has 1 heterocycles. The molecule has 3 amide bonds. The lowest BCUT2D eigenvalue weighted by Crippen LogP contribution is -2.45. The maximum atomic E-state index is 12.7. The van der Waals surface area contributed by atoms with Gasteiger partial charge in [-0.1, -0.05) is 18.2 Å². The molecular formula is C21H25N3O4. The first kappa shape index (κ1) is 19.5. The lowest BCUT2D eigenvalue weighted by molar-refractivity contribution is -0.121. The van der Waals surface area contributed by atoms with Crippen molar-refractivity contribution < 1.29 is 19.1 Å². The van der Waals surface area contributed by atoms with Crippen LogP contribution < -0.4 is 20.1 Å². The molecular weight excluding hydrogens is 358 g/mol. The molecule has 1 aliphatic heterocycles. The summed E-state index contributed by atoms with van der Waals surface area (Å²) in [5, 5.41) is 5.79. The standard InChI is InChI=1S/C21H25N3O4/c1-27-18-11-10-17(13-19(18)28-2)22-20(25)15-7-6-12-24(14-15)21(26)23-16-8-4-3-5-9-16/h3-5,8-11,13,15H,6-7,12,14H2,1-2H3,(H,22,25)(H,23,26)/t15-/m0/s1. The average molecular weight is 383 g/mol. The van der Waals surface area contributed by atoms with Gasteiger partial charge in [-0.25, -0.2) is 4.79 Å². The highest BCUT2D eigenvalue weighted by atomic mass is 16.5. The minimum atomic E-state index is -0.261. The van der Waals surface area contributed by atoms with Gasteiger partial charge in [-0.3, -0.25) is 4.79 Å². The van der Waals surface area contributed by atoms with Crippen molar-refractivity contribution in [1.82, 2.24) is 4.90 Å². The first-order chi connectivity index (χ1) is 13.6. The maximum absolute atomic E-state index is 12.7. The smallest absolute Gasteiger partial charge is 0.321 e. The quantitative estimate of drug-likeness (QED) is 0.827. The second-order valence-corrected chi connectivity index (χ2v) is 6.64. The topological polar surface area (TPSA) is 79.9 Å². The zero-order valence-corrected chi connectivity index (χ0v) is 16.1. The summed E-state index contributed by atoms with van der Waals surface area (Å²) >= 11 is 0. The molecule has 2 aromatic rings. The van der Waals surface area contributed by atoms with Gasteiger partial charge in [0.2, 0.25) is 5.91 Å². The molecule has 0 spiro atoms. The van der Waals surface area contributed by atoms with Gasteiger partial charge in [-0.15, -0.1) is 0 Å². The van der Waals surface area contributed by atoms with Crippen LogP contribution >= 0.6 is 0 Å². The zero-order valence-electron chi connectivity index (χ0n) is 16.1. The third-order valence-corrected chi connectivity index (χ3v) is 4.76. The Bertz CT molecular complexity index is 826. The number of rotatable bonds is 5. The van der Waals surface area contributed by atoms with Gasteiger partial charge in [0.15, 0.2) is 11.5 Å². The van der Waals surface area contributed by atoms with Gasteiger partial charge < -0.3 is 25.0 Å². The fraction of sp³-hybridized carbons (Fsp3) is 0.333. The molecule has 148 valence electrons. The van der Waals surface area contributed by atoms with E-state index in [4.69, 9.17) is 9.47 Å². The van der Waals surface area contributed by atoms with Crippen LogP contribution in [-0.4, -0.2) is 44.1 Å². The summed E-state index contributed by atoms with van der Waals surface area (Å²) in [5.74, 6) is 0.780. The van der Waals surface area contributed by atoms with Crippen LogP contribution in [-0.2, 0) is 4.79 Å². The molecule has 0 aromatic heterocycles. The number of carbonyl (C=O) groups is 2. The van der Waals surface area contributed by atoms with Gasteiger partial charge in [0, 0.05) is 30.5 Å². The number of nitrogens with one attached hydrogen (secondary N) is 2. The molecule has 0 unspecified atom stereocenters. The minimum Gasteiger partial charge on any atom is -0.493 e. The molecule has 0 aliphatic carbocycles. The van der Waals surface area contributed by atoms with Crippen molar-refractivity contribution in [2.45, 2.75) is 12.8 Å². The minimum absolute atomic E-state index is 0.107. The predicted octanol–water partition coefficient (Wildman–Crippen LogP) is 3.59. The number of hydrogen-bond donors (Lipinski definition) is 2. The summed E-state index contributed by atoms with van der Waals surface area (Å²) in [6, 6.07) is 14.3. The van der Waals surface area contributed by atoms with E-state index < -0.39 is 0 Å². The number of piperidine rings is 1. The maximum Gasteiger partial charge on any atom is 0.321 e. The summed E-state index contributed by atoms with van der Waals surface area (Å²) in [4.78, 5) is 26.9. The monoisotopic (exact) mass is 383 g/mol. The Hall–Kier alpha value is -3.22. The van der Waals surface area contributed by atoms with Crippen molar-refractivity contribution in [3.05, 3.63) is 48.5 Å². The Morgan fingerprint density at radius 3 is 2.43 bits per heavy atom. The molecule has 7 heteroatoms. The van der Waals surface area contributed by atoms with E-state index in [1.807, 2.05) is 30.3 Å². The van der Waals surface area contributed by atoms with Gasteiger partial charge in [0.05, 0.1) is 20.1 Å². The second-order valence-electron chi connectivity index (χ2n) is 6.64. The van der Waals surface area contributed by atoms with Gasteiger partial charge in [0.1, 0.15) is 0 Å².